The van der Waals surface area contributed by atoms with Crippen molar-refractivity contribution in [3.8, 4) is 0 Å². The van der Waals surface area contributed by atoms with Gasteiger partial charge in [-0.15, -0.1) is 0 Å². The molecule has 1 rings (SSSR count). The molecule has 4 N–H and O–H groups in total. The Bertz CT molecular complexity index is 373. The number of hydrogen-bond acceptors (Lipinski definition) is 3. The minimum absolute atomic E-state index is 0.139. The van der Waals surface area contributed by atoms with Gasteiger partial charge in [0.15, 0.2) is 0 Å². The van der Waals surface area contributed by atoms with Crippen LogP contribution >= 0.6 is 0 Å². The smallest absolute Gasteiger partial charge is 0.251 e. The van der Waals surface area contributed by atoms with E-state index in [0.717, 1.165) is 0 Å². The number of amides is 2. The monoisotopic (exact) mass is 221 g/mol. The number of carbonyl (C=O) groups excluding carboxylic acids is 2. The van der Waals surface area contributed by atoms with Gasteiger partial charge in [-0.05, 0) is 24.3 Å². The van der Waals surface area contributed by atoms with Crippen molar-refractivity contribution < 1.29 is 9.59 Å². The van der Waals surface area contributed by atoms with Gasteiger partial charge in [-0.25, -0.2) is 0 Å². The van der Waals surface area contributed by atoms with Crippen LogP contribution in [0, 0.1) is 0 Å². The molecule has 0 aliphatic rings. The van der Waals surface area contributed by atoms with Gasteiger partial charge in [-0.2, -0.15) is 0 Å². The summed E-state index contributed by atoms with van der Waals surface area (Å²) in [6.45, 7) is 2.30. The normalized spacial score (nSPS) is 9.62. The number of anilines is 1. The Kier molecular flexibility index (Phi) is 4.47. The van der Waals surface area contributed by atoms with Gasteiger partial charge in [0.25, 0.3) is 5.91 Å². The van der Waals surface area contributed by atoms with E-state index in [0.29, 0.717) is 24.3 Å². The molecule has 0 aromatic heterocycles. The van der Waals surface area contributed by atoms with Crippen molar-refractivity contribution in [2.45, 2.75) is 6.92 Å². The molecule has 0 bridgehead atoms. The lowest BCUT2D eigenvalue weighted by Crippen LogP contribution is -2.28. The second-order valence-corrected chi connectivity index (χ2v) is 3.30. The molecule has 86 valence electrons. The van der Waals surface area contributed by atoms with E-state index in [-0.39, 0.29) is 11.8 Å². The molecule has 1 aromatic rings. The lowest BCUT2D eigenvalue weighted by molar-refractivity contribution is -0.114. The molecule has 5 nitrogen and oxygen atoms in total. The lowest BCUT2D eigenvalue weighted by Gasteiger charge is -2.05. The highest BCUT2D eigenvalue weighted by Gasteiger charge is 2.04. The molecule has 0 fully saturated rings. The van der Waals surface area contributed by atoms with Crippen LogP contribution in [0.15, 0.2) is 24.3 Å². The third kappa shape index (κ3) is 3.70. The highest BCUT2D eigenvalue weighted by molar-refractivity contribution is 5.95. The van der Waals surface area contributed by atoms with E-state index in [2.05, 4.69) is 10.6 Å². The van der Waals surface area contributed by atoms with E-state index in [9.17, 15) is 9.59 Å². The lowest BCUT2D eigenvalue weighted by atomic mass is 10.2. The Labute approximate surface area is 94.0 Å². The van der Waals surface area contributed by atoms with E-state index in [1.54, 1.807) is 24.3 Å². The fourth-order valence-corrected chi connectivity index (χ4v) is 1.20. The van der Waals surface area contributed by atoms with Gasteiger partial charge < -0.3 is 16.4 Å². The fourth-order valence-electron chi connectivity index (χ4n) is 1.20. The van der Waals surface area contributed by atoms with Crippen LogP contribution in [0.2, 0.25) is 0 Å². The zero-order chi connectivity index (χ0) is 12.0. The summed E-state index contributed by atoms with van der Waals surface area (Å²) in [5.41, 5.74) is 6.48. The van der Waals surface area contributed by atoms with Crippen LogP contribution in [-0.2, 0) is 4.79 Å². The molecule has 0 aliphatic heterocycles. The van der Waals surface area contributed by atoms with Crippen LogP contribution < -0.4 is 16.4 Å². The number of carbonyl (C=O) groups is 2. The van der Waals surface area contributed by atoms with Gasteiger partial charge in [0.05, 0.1) is 0 Å². The first-order chi connectivity index (χ1) is 7.63. The molecule has 5 heteroatoms. The summed E-state index contributed by atoms with van der Waals surface area (Å²) in [5.74, 6) is -0.305. The summed E-state index contributed by atoms with van der Waals surface area (Å²) in [7, 11) is 0. The van der Waals surface area contributed by atoms with Crippen molar-refractivity contribution in [1.82, 2.24) is 5.32 Å². The van der Waals surface area contributed by atoms with Gasteiger partial charge in [-0.1, -0.05) is 0 Å². The molecule has 0 atom stereocenters. The predicted molar refractivity (Wildman–Crippen MR) is 62.1 cm³/mol. The van der Waals surface area contributed by atoms with Crippen molar-refractivity contribution in [1.29, 1.82) is 0 Å². The minimum atomic E-state index is -0.167. The zero-order valence-electron chi connectivity index (χ0n) is 9.12. The first-order valence-corrected chi connectivity index (χ1v) is 4.99. The molecular formula is C11H15N3O2. The summed E-state index contributed by atoms with van der Waals surface area (Å²) in [5, 5.41) is 5.28. The molecule has 0 radical (unpaired) electrons. The van der Waals surface area contributed by atoms with Gasteiger partial charge in [0.1, 0.15) is 0 Å². The maximum atomic E-state index is 11.5. The van der Waals surface area contributed by atoms with Crippen molar-refractivity contribution in [3.63, 3.8) is 0 Å². The van der Waals surface area contributed by atoms with Crippen molar-refractivity contribution >= 4 is 17.5 Å². The third-order valence-corrected chi connectivity index (χ3v) is 1.90. The van der Waals surface area contributed by atoms with Gasteiger partial charge in [-0.3, -0.25) is 9.59 Å². The Morgan fingerprint density at radius 3 is 2.38 bits per heavy atom. The number of hydrogen-bond donors (Lipinski definition) is 3. The molecule has 2 amide bonds. The molecule has 1 aromatic carbocycles. The maximum absolute atomic E-state index is 11.5. The molecule has 0 saturated carbocycles. The Morgan fingerprint density at radius 1 is 1.25 bits per heavy atom. The molecular weight excluding hydrogens is 206 g/mol. The molecule has 0 heterocycles. The van der Waals surface area contributed by atoms with Crippen LogP contribution in [-0.4, -0.2) is 24.9 Å². The maximum Gasteiger partial charge on any atom is 0.251 e. The highest BCUT2D eigenvalue weighted by Crippen LogP contribution is 2.09. The molecule has 0 unspecified atom stereocenters. The minimum Gasteiger partial charge on any atom is -0.351 e. The SMILES string of the molecule is CC(=O)Nc1ccc(C(=O)NCCN)cc1. The van der Waals surface area contributed by atoms with Crippen molar-refractivity contribution in [2.24, 2.45) is 5.73 Å². The summed E-state index contributed by atoms with van der Waals surface area (Å²) < 4.78 is 0. The second kappa shape index (κ2) is 5.87. The highest BCUT2D eigenvalue weighted by atomic mass is 16.2. The van der Waals surface area contributed by atoms with Crippen molar-refractivity contribution in [3.05, 3.63) is 29.8 Å². The first kappa shape index (κ1) is 12.2. The number of nitrogens with one attached hydrogen (secondary N) is 2. The van der Waals surface area contributed by atoms with Crippen molar-refractivity contribution in [2.75, 3.05) is 18.4 Å². The Morgan fingerprint density at radius 2 is 1.88 bits per heavy atom. The molecule has 0 spiro atoms. The van der Waals surface area contributed by atoms with E-state index in [1.165, 1.54) is 6.92 Å². The second-order valence-electron chi connectivity index (χ2n) is 3.30. The van der Waals surface area contributed by atoms with Crippen LogP contribution in [0.4, 0.5) is 5.69 Å². The number of rotatable bonds is 4. The van der Waals surface area contributed by atoms with Crippen LogP contribution in [0.3, 0.4) is 0 Å². The van der Waals surface area contributed by atoms with Gasteiger partial charge >= 0.3 is 0 Å². The fraction of sp³-hybridized carbons (Fsp3) is 0.273. The first-order valence-electron chi connectivity index (χ1n) is 4.99. The predicted octanol–water partition coefficient (Wildman–Crippen LogP) is 0.334. The van der Waals surface area contributed by atoms with E-state index in [4.69, 9.17) is 5.73 Å². The standard InChI is InChI=1S/C11H15N3O2/c1-8(15)14-10-4-2-9(3-5-10)11(16)13-7-6-12/h2-5H,6-7,12H2,1H3,(H,13,16)(H,14,15). The third-order valence-electron chi connectivity index (χ3n) is 1.90. The van der Waals surface area contributed by atoms with Gasteiger partial charge in [0, 0.05) is 31.3 Å². The van der Waals surface area contributed by atoms with Crippen LogP contribution in [0.25, 0.3) is 0 Å². The zero-order valence-corrected chi connectivity index (χ0v) is 9.12. The average Bonchev–Trinajstić information content (AvgIpc) is 2.26. The van der Waals surface area contributed by atoms with E-state index >= 15 is 0 Å². The summed E-state index contributed by atoms with van der Waals surface area (Å²) in [6.07, 6.45) is 0. The Balaban J connectivity index is 2.63. The number of nitrogens with two attached hydrogens (primary N) is 1. The van der Waals surface area contributed by atoms with E-state index in [1.807, 2.05) is 0 Å². The molecule has 0 saturated heterocycles. The average molecular weight is 221 g/mol. The molecule has 0 aliphatic carbocycles. The molecule has 16 heavy (non-hydrogen) atoms. The summed E-state index contributed by atoms with van der Waals surface area (Å²) >= 11 is 0. The number of benzene rings is 1. The topological polar surface area (TPSA) is 84.2 Å². The summed E-state index contributed by atoms with van der Waals surface area (Å²) in [6, 6.07) is 6.66. The van der Waals surface area contributed by atoms with Crippen LogP contribution in [0.5, 0.6) is 0 Å². The quantitative estimate of drug-likeness (QED) is 0.685. The Hall–Kier alpha value is -1.88. The van der Waals surface area contributed by atoms with Gasteiger partial charge in [0.2, 0.25) is 5.91 Å². The van der Waals surface area contributed by atoms with E-state index < -0.39 is 0 Å². The largest absolute Gasteiger partial charge is 0.351 e. The van der Waals surface area contributed by atoms with Crippen LogP contribution in [0.1, 0.15) is 17.3 Å². The summed E-state index contributed by atoms with van der Waals surface area (Å²) in [4.78, 5) is 22.3.